The molecule has 0 fully saturated rings. The van der Waals surface area contributed by atoms with Gasteiger partial charge in [-0.05, 0) is 36.2 Å². The van der Waals surface area contributed by atoms with Gasteiger partial charge in [-0.2, -0.15) is 0 Å². The molecule has 3 aromatic rings. The predicted octanol–water partition coefficient (Wildman–Crippen LogP) is 2.91. The maximum Gasteiger partial charge on any atom is 0.328 e. The summed E-state index contributed by atoms with van der Waals surface area (Å²) in [5.41, 5.74) is 2.67. The molecule has 4 rings (SSSR count). The molecule has 0 aliphatic carbocycles. The van der Waals surface area contributed by atoms with Crippen LogP contribution in [-0.4, -0.2) is 29.8 Å². The molecule has 1 aliphatic heterocycles. The van der Waals surface area contributed by atoms with Gasteiger partial charge in [0.1, 0.15) is 17.3 Å². The number of rotatable bonds is 4. The van der Waals surface area contributed by atoms with Gasteiger partial charge in [-0.3, -0.25) is 0 Å². The third kappa shape index (κ3) is 2.27. The van der Waals surface area contributed by atoms with Crippen molar-refractivity contribution >= 4 is 17.1 Å². The van der Waals surface area contributed by atoms with E-state index in [0.29, 0.717) is 6.42 Å². The Bertz CT molecular complexity index is 915. The number of hydrogen-bond acceptors (Lipinski definition) is 4. The monoisotopic (exact) mass is 323 g/mol. The van der Waals surface area contributed by atoms with E-state index in [0.717, 1.165) is 33.9 Å². The summed E-state index contributed by atoms with van der Waals surface area (Å²) in [7, 11) is 3.26. The third-order valence-electron chi connectivity index (χ3n) is 4.30. The highest BCUT2D eigenvalue weighted by atomic mass is 16.5. The van der Waals surface area contributed by atoms with Gasteiger partial charge >= 0.3 is 6.03 Å². The zero-order valence-corrected chi connectivity index (χ0v) is 13.4. The Hall–Kier alpha value is -3.02. The Morgan fingerprint density at radius 3 is 2.50 bits per heavy atom. The molecule has 1 atom stereocenters. The number of amides is 1. The average molecular weight is 323 g/mol. The summed E-state index contributed by atoms with van der Waals surface area (Å²) in [6, 6.07) is 13.1. The summed E-state index contributed by atoms with van der Waals surface area (Å²) >= 11 is 0. The fraction of sp³-hybridized carbons (Fsp3) is 0.222. The second kappa shape index (κ2) is 5.56. The van der Waals surface area contributed by atoms with E-state index in [1.54, 1.807) is 18.8 Å². The zero-order chi connectivity index (χ0) is 16.7. The number of methoxy groups -OCH3 is 2. The fourth-order valence-corrected chi connectivity index (χ4v) is 3.07. The molecule has 1 aromatic heterocycles. The van der Waals surface area contributed by atoms with Crippen molar-refractivity contribution in [3.8, 4) is 11.5 Å². The van der Waals surface area contributed by atoms with Gasteiger partial charge in [0.05, 0.1) is 31.3 Å². The summed E-state index contributed by atoms with van der Waals surface area (Å²) in [5.74, 6) is 2.28. The molecule has 1 amide bonds. The van der Waals surface area contributed by atoms with Crippen LogP contribution in [0, 0.1) is 0 Å². The lowest BCUT2D eigenvalue weighted by atomic mass is 10.1. The lowest BCUT2D eigenvalue weighted by Gasteiger charge is -2.09. The Labute approximate surface area is 139 Å². The number of carbonyl (C=O) groups is 1. The minimum Gasteiger partial charge on any atom is -0.497 e. The first-order valence-electron chi connectivity index (χ1n) is 7.70. The number of nitrogens with zero attached hydrogens (tertiary/aromatic N) is 2. The second-order valence-electron chi connectivity index (χ2n) is 5.71. The number of carbonyl (C=O) groups excluding carboxylic acids is 1. The zero-order valence-electron chi connectivity index (χ0n) is 13.4. The van der Waals surface area contributed by atoms with Crippen LogP contribution in [-0.2, 0) is 6.42 Å². The number of aromatic nitrogens is 2. The van der Waals surface area contributed by atoms with E-state index in [2.05, 4.69) is 10.3 Å². The number of nitrogens with one attached hydrogen (secondary N) is 1. The number of benzene rings is 2. The fourth-order valence-electron chi connectivity index (χ4n) is 3.07. The van der Waals surface area contributed by atoms with Crippen molar-refractivity contribution in [3.05, 3.63) is 53.9 Å². The van der Waals surface area contributed by atoms with Gasteiger partial charge in [-0.25, -0.2) is 14.3 Å². The molecular weight excluding hydrogens is 306 g/mol. The van der Waals surface area contributed by atoms with Crippen molar-refractivity contribution in [3.63, 3.8) is 0 Å². The van der Waals surface area contributed by atoms with Gasteiger partial charge in [0.2, 0.25) is 0 Å². The van der Waals surface area contributed by atoms with Gasteiger partial charge in [-0.1, -0.05) is 12.1 Å². The minimum atomic E-state index is -0.149. The quantitative estimate of drug-likeness (QED) is 0.802. The van der Waals surface area contributed by atoms with E-state index in [4.69, 9.17) is 9.47 Å². The molecular formula is C18H17N3O3. The summed E-state index contributed by atoms with van der Waals surface area (Å²) in [5, 5.41) is 3.00. The lowest BCUT2D eigenvalue weighted by molar-refractivity contribution is 0.245. The number of imidazole rings is 1. The summed E-state index contributed by atoms with van der Waals surface area (Å²) in [6.07, 6.45) is 0.677. The van der Waals surface area contributed by atoms with Crippen molar-refractivity contribution in [1.29, 1.82) is 0 Å². The van der Waals surface area contributed by atoms with Crippen LogP contribution in [0.5, 0.6) is 11.5 Å². The number of hydrogen-bond donors (Lipinski definition) is 1. The molecule has 6 nitrogen and oxygen atoms in total. The number of fused-ring (bicyclic) bond motifs is 3. The van der Waals surface area contributed by atoms with Crippen LogP contribution in [0.1, 0.15) is 17.4 Å². The van der Waals surface area contributed by atoms with Crippen LogP contribution in [0.3, 0.4) is 0 Å². The molecule has 0 spiro atoms. The van der Waals surface area contributed by atoms with Crippen molar-refractivity contribution in [1.82, 2.24) is 14.9 Å². The Morgan fingerprint density at radius 2 is 1.79 bits per heavy atom. The summed E-state index contributed by atoms with van der Waals surface area (Å²) in [4.78, 5) is 17.0. The van der Waals surface area contributed by atoms with Crippen molar-refractivity contribution in [2.24, 2.45) is 0 Å². The lowest BCUT2D eigenvalue weighted by Crippen LogP contribution is -2.22. The normalized spacial score (nSPS) is 16.1. The van der Waals surface area contributed by atoms with Crippen LogP contribution in [0.25, 0.3) is 11.0 Å². The van der Waals surface area contributed by atoms with E-state index in [9.17, 15) is 4.79 Å². The average Bonchev–Trinajstić information content (AvgIpc) is 3.13. The first-order valence-corrected chi connectivity index (χ1v) is 7.70. The predicted molar refractivity (Wildman–Crippen MR) is 89.7 cm³/mol. The van der Waals surface area contributed by atoms with Crippen LogP contribution in [0.15, 0.2) is 42.5 Å². The largest absolute Gasteiger partial charge is 0.497 e. The van der Waals surface area contributed by atoms with Crippen LogP contribution < -0.4 is 14.8 Å². The first kappa shape index (κ1) is 14.6. The minimum absolute atomic E-state index is 0.142. The second-order valence-corrected chi connectivity index (χ2v) is 5.71. The summed E-state index contributed by atoms with van der Waals surface area (Å²) < 4.78 is 12.1. The van der Waals surface area contributed by atoms with E-state index < -0.39 is 0 Å². The molecule has 0 radical (unpaired) electrons. The molecule has 6 heteroatoms. The van der Waals surface area contributed by atoms with Crippen molar-refractivity contribution < 1.29 is 14.3 Å². The van der Waals surface area contributed by atoms with Crippen molar-refractivity contribution in [2.45, 2.75) is 12.5 Å². The molecule has 2 aromatic carbocycles. The third-order valence-corrected chi connectivity index (χ3v) is 4.30. The SMILES string of the molecule is COc1ccc(C[C@H]2NC(=O)n3c2nc2cc(OC)ccc23)cc1. The Balaban J connectivity index is 1.69. The molecule has 1 N–H and O–H groups in total. The summed E-state index contributed by atoms with van der Waals surface area (Å²) in [6.45, 7) is 0. The molecule has 0 unspecified atom stereocenters. The molecule has 1 aliphatic rings. The van der Waals surface area contributed by atoms with Crippen molar-refractivity contribution in [2.75, 3.05) is 14.2 Å². The van der Waals surface area contributed by atoms with Crippen LogP contribution in [0.4, 0.5) is 4.79 Å². The maximum absolute atomic E-state index is 12.4. The number of ether oxygens (including phenoxy) is 2. The van der Waals surface area contributed by atoms with Crippen LogP contribution in [0.2, 0.25) is 0 Å². The molecule has 2 heterocycles. The van der Waals surface area contributed by atoms with E-state index in [1.807, 2.05) is 42.5 Å². The smallest absolute Gasteiger partial charge is 0.328 e. The highest BCUT2D eigenvalue weighted by Gasteiger charge is 2.32. The molecule has 24 heavy (non-hydrogen) atoms. The van der Waals surface area contributed by atoms with Crippen LogP contribution >= 0.6 is 0 Å². The van der Waals surface area contributed by atoms with E-state index in [-0.39, 0.29) is 12.1 Å². The Kier molecular flexibility index (Phi) is 3.37. The van der Waals surface area contributed by atoms with E-state index >= 15 is 0 Å². The van der Waals surface area contributed by atoms with Gasteiger partial charge in [0.15, 0.2) is 0 Å². The van der Waals surface area contributed by atoms with Gasteiger partial charge in [0, 0.05) is 6.07 Å². The highest BCUT2D eigenvalue weighted by Crippen LogP contribution is 2.30. The standard InChI is InChI=1S/C18H17N3O3/c1-23-12-5-3-11(4-6-12)9-15-17-19-14-10-13(24-2)7-8-16(14)21(17)18(22)20-15/h3-8,10,15H,9H2,1-2H3,(H,20,22)/t15-/m1/s1. The van der Waals surface area contributed by atoms with Gasteiger partial charge < -0.3 is 14.8 Å². The molecule has 0 saturated carbocycles. The van der Waals surface area contributed by atoms with E-state index in [1.165, 1.54) is 0 Å². The highest BCUT2D eigenvalue weighted by molar-refractivity contribution is 5.93. The van der Waals surface area contributed by atoms with Gasteiger partial charge in [-0.15, -0.1) is 0 Å². The maximum atomic E-state index is 12.4. The molecule has 0 saturated heterocycles. The topological polar surface area (TPSA) is 65.4 Å². The van der Waals surface area contributed by atoms with Gasteiger partial charge in [0.25, 0.3) is 0 Å². The molecule has 0 bridgehead atoms. The first-order chi connectivity index (χ1) is 11.7. The Morgan fingerprint density at radius 1 is 1.08 bits per heavy atom. The molecule has 122 valence electrons.